The lowest BCUT2D eigenvalue weighted by Crippen LogP contribution is -2.37. The summed E-state index contributed by atoms with van der Waals surface area (Å²) in [5.74, 6) is -0.361. The summed E-state index contributed by atoms with van der Waals surface area (Å²) in [6.45, 7) is 5.49. The number of likely N-dealkylation sites (N-methyl/N-ethyl adjacent to an activating group) is 1. The van der Waals surface area contributed by atoms with E-state index in [1.165, 1.54) is 77.0 Å². The van der Waals surface area contributed by atoms with Gasteiger partial charge in [-0.05, 0) is 12.8 Å². The number of quaternary nitrogens is 1. The molecule has 0 saturated heterocycles. The lowest BCUT2D eigenvalue weighted by atomic mass is 10.0. The van der Waals surface area contributed by atoms with E-state index in [2.05, 4.69) is 6.92 Å². The van der Waals surface area contributed by atoms with Crippen LogP contribution >= 0.6 is 7.82 Å². The van der Waals surface area contributed by atoms with Crippen molar-refractivity contribution in [2.24, 2.45) is 0 Å². The molecule has 9 heteroatoms. The summed E-state index contributed by atoms with van der Waals surface area (Å²) < 4.78 is 33.7. The second-order valence-electron chi connectivity index (χ2n) is 11.4. The van der Waals surface area contributed by atoms with Crippen molar-refractivity contribution >= 4 is 13.8 Å². The summed E-state index contributed by atoms with van der Waals surface area (Å²) in [5, 5.41) is 0. The molecule has 0 aromatic carbocycles. The molecule has 0 radical (unpaired) electrons. The van der Waals surface area contributed by atoms with Crippen LogP contribution in [0.1, 0.15) is 123 Å². The Morgan fingerprint density at radius 2 is 1.26 bits per heavy atom. The van der Waals surface area contributed by atoms with E-state index >= 15 is 0 Å². The van der Waals surface area contributed by atoms with Gasteiger partial charge in [-0.3, -0.25) is 9.36 Å². The lowest BCUT2D eigenvalue weighted by Gasteiger charge is -2.28. The van der Waals surface area contributed by atoms with Gasteiger partial charge in [-0.25, -0.2) is 0 Å². The van der Waals surface area contributed by atoms with E-state index in [0.29, 0.717) is 37.1 Å². The predicted octanol–water partition coefficient (Wildman–Crippen LogP) is 6.79. The fourth-order valence-corrected chi connectivity index (χ4v) is 4.71. The molecule has 0 aliphatic rings. The molecule has 0 bridgehead atoms. The molecule has 0 spiro atoms. The second-order valence-corrected chi connectivity index (χ2v) is 12.9. The zero-order valence-electron chi connectivity index (χ0n) is 25.4. The molecule has 0 fully saturated rings. The van der Waals surface area contributed by atoms with Gasteiger partial charge in [0, 0.05) is 19.4 Å². The van der Waals surface area contributed by atoms with Gasteiger partial charge < -0.3 is 27.9 Å². The highest BCUT2D eigenvalue weighted by molar-refractivity contribution is 7.45. The maximum absolute atomic E-state index is 12.1. The van der Waals surface area contributed by atoms with Gasteiger partial charge >= 0.3 is 5.97 Å². The molecule has 2 unspecified atom stereocenters. The first-order valence-corrected chi connectivity index (χ1v) is 16.7. The van der Waals surface area contributed by atoms with Crippen molar-refractivity contribution in [1.29, 1.82) is 0 Å². The molecule has 0 saturated carbocycles. The molecule has 8 nitrogen and oxygen atoms in total. The molecular formula is C29H60NO7P. The average molecular weight is 566 g/mol. The van der Waals surface area contributed by atoms with Crippen molar-refractivity contribution < 1.29 is 37.3 Å². The van der Waals surface area contributed by atoms with Crippen molar-refractivity contribution in [2.45, 2.75) is 129 Å². The fraction of sp³-hybridized carbons (Fsp3) is 0.966. The number of phosphoric ester groups is 1. The minimum Gasteiger partial charge on any atom is -0.756 e. The average Bonchev–Trinajstić information content (AvgIpc) is 2.83. The molecule has 0 aromatic heterocycles. The SMILES string of the molecule is CCCCCCCCCCCCCCCCOCCC(COP(=O)([O-])OCC[N+](C)(C)C)OC(=O)CCC. The third kappa shape index (κ3) is 27.1. The maximum atomic E-state index is 12.1. The number of hydrogen-bond acceptors (Lipinski definition) is 7. The number of phosphoric acid groups is 1. The van der Waals surface area contributed by atoms with Crippen LogP contribution in [0.25, 0.3) is 0 Å². The van der Waals surface area contributed by atoms with Crippen molar-refractivity contribution in [3.05, 3.63) is 0 Å². The van der Waals surface area contributed by atoms with Gasteiger partial charge in [-0.1, -0.05) is 97.3 Å². The Morgan fingerprint density at radius 1 is 0.737 bits per heavy atom. The number of unbranched alkanes of at least 4 members (excludes halogenated alkanes) is 13. The first kappa shape index (κ1) is 37.5. The Kier molecular flexibility index (Phi) is 24.0. The largest absolute Gasteiger partial charge is 0.756 e. The number of ether oxygens (including phenoxy) is 2. The van der Waals surface area contributed by atoms with Gasteiger partial charge in [0.15, 0.2) is 0 Å². The van der Waals surface area contributed by atoms with Crippen LogP contribution in [0, 0.1) is 0 Å². The van der Waals surface area contributed by atoms with E-state index in [9.17, 15) is 14.3 Å². The molecule has 2 atom stereocenters. The van der Waals surface area contributed by atoms with Crippen LogP contribution < -0.4 is 4.89 Å². The van der Waals surface area contributed by atoms with Crippen molar-refractivity contribution in [3.8, 4) is 0 Å². The van der Waals surface area contributed by atoms with Crippen molar-refractivity contribution in [1.82, 2.24) is 0 Å². The summed E-state index contributed by atoms with van der Waals surface area (Å²) in [5.41, 5.74) is 0. The number of hydrogen-bond donors (Lipinski definition) is 0. The third-order valence-corrected chi connectivity index (χ3v) is 7.37. The number of nitrogens with zero attached hydrogens (tertiary/aromatic N) is 1. The highest BCUT2D eigenvalue weighted by Crippen LogP contribution is 2.38. The Bertz CT molecular complexity index is 598. The Hall–Kier alpha value is -0.500. The predicted molar refractivity (Wildman–Crippen MR) is 153 cm³/mol. The van der Waals surface area contributed by atoms with E-state index in [4.69, 9.17) is 18.5 Å². The van der Waals surface area contributed by atoms with E-state index < -0.39 is 13.9 Å². The highest BCUT2D eigenvalue weighted by Gasteiger charge is 2.19. The zero-order valence-corrected chi connectivity index (χ0v) is 26.3. The van der Waals surface area contributed by atoms with E-state index in [1.54, 1.807) is 0 Å². The van der Waals surface area contributed by atoms with E-state index in [1.807, 2.05) is 28.1 Å². The van der Waals surface area contributed by atoms with Gasteiger partial charge in [-0.2, -0.15) is 0 Å². The quantitative estimate of drug-likeness (QED) is 0.0446. The summed E-state index contributed by atoms with van der Waals surface area (Å²) in [4.78, 5) is 24.0. The van der Waals surface area contributed by atoms with E-state index in [0.717, 1.165) is 12.8 Å². The Morgan fingerprint density at radius 3 is 1.76 bits per heavy atom. The molecule has 0 heterocycles. The van der Waals surface area contributed by atoms with E-state index in [-0.39, 0.29) is 25.6 Å². The van der Waals surface area contributed by atoms with Crippen LogP contribution in [0.2, 0.25) is 0 Å². The summed E-state index contributed by atoms with van der Waals surface area (Å²) >= 11 is 0. The van der Waals surface area contributed by atoms with Gasteiger partial charge in [0.25, 0.3) is 7.82 Å². The molecule has 0 aromatic rings. The summed E-state index contributed by atoms with van der Waals surface area (Å²) in [6.07, 6.45) is 19.1. The zero-order chi connectivity index (χ0) is 28.5. The lowest BCUT2D eigenvalue weighted by molar-refractivity contribution is -0.870. The molecule has 0 rings (SSSR count). The summed E-state index contributed by atoms with van der Waals surface area (Å²) in [7, 11) is 1.38. The third-order valence-electron chi connectivity index (χ3n) is 6.41. The first-order valence-electron chi connectivity index (χ1n) is 15.3. The molecule has 0 N–H and O–H groups in total. The smallest absolute Gasteiger partial charge is 0.306 e. The number of esters is 1. The van der Waals surface area contributed by atoms with Gasteiger partial charge in [0.05, 0.1) is 34.4 Å². The molecule has 38 heavy (non-hydrogen) atoms. The van der Waals surface area contributed by atoms with Gasteiger partial charge in [0.2, 0.25) is 0 Å². The van der Waals surface area contributed by atoms with Crippen LogP contribution in [0.3, 0.4) is 0 Å². The number of carbonyl (C=O) groups is 1. The maximum Gasteiger partial charge on any atom is 0.306 e. The summed E-state index contributed by atoms with van der Waals surface area (Å²) in [6, 6.07) is 0. The van der Waals surface area contributed by atoms with Gasteiger partial charge in [0.1, 0.15) is 19.3 Å². The topological polar surface area (TPSA) is 94.1 Å². The van der Waals surface area contributed by atoms with Crippen LogP contribution in [0.4, 0.5) is 0 Å². The molecule has 228 valence electrons. The van der Waals surface area contributed by atoms with Gasteiger partial charge in [-0.15, -0.1) is 0 Å². The first-order chi connectivity index (χ1) is 18.1. The Labute approximate surface area is 234 Å². The van der Waals surface area contributed by atoms with Crippen LogP contribution in [-0.2, 0) is 27.9 Å². The molecular weight excluding hydrogens is 505 g/mol. The molecule has 0 amide bonds. The normalized spacial score (nSPS) is 14.4. The number of rotatable bonds is 28. The minimum absolute atomic E-state index is 0.0346. The van der Waals surface area contributed by atoms with Crippen LogP contribution in [-0.4, -0.2) is 70.7 Å². The second kappa shape index (κ2) is 24.3. The molecule has 0 aliphatic carbocycles. The van der Waals surface area contributed by atoms with Crippen molar-refractivity contribution in [3.63, 3.8) is 0 Å². The molecule has 0 aliphatic heterocycles. The standard InChI is InChI=1S/C29H60NO7P/c1-6-8-9-10-11-12-13-14-15-16-17-18-19-20-24-34-25-22-28(37-29(31)21-7-2)27-36-38(32,33)35-26-23-30(3,4)5/h28H,6-27H2,1-5H3. The minimum atomic E-state index is -4.46. The number of carbonyl (C=O) groups excluding carboxylic acids is 1. The fourth-order valence-electron chi connectivity index (χ4n) is 3.98. The van der Waals surface area contributed by atoms with Crippen LogP contribution in [0.5, 0.6) is 0 Å². The van der Waals surface area contributed by atoms with Crippen LogP contribution in [0.15, 0.2) is 0 Å². The Balaban J connectivity index is 3.92. The van der Waals surface area contributed by atoms with Crippen molar-refractivity contribution in [2.75, 3.05) is 54.1 Å². The highest BCUT2D eigenvalue weighted by atomic mass is 31.2. The monoisotopic (exact) mass is 565 g/mol.